The van der Waals surface area contributed by atoms with E-state index in [2.05, 4.69) is 5.16 Å². The minimum Gasteiger partial charge on any atom is -0.481 e. The van der Waals surface area contributed by atoms with Gasteiger partial charge < -0.3 is 14.5 Å². The minimum atomic E-state index is -1.04. The zero-order chi connectivity index (χ0) is 20.3. The Bertz CT molecular complexity index is 860. The summed E-state index contributed by atoms with van der Waals surface area (Å²) in [6, 6.07) is 9.75. The lowest BCUT2D eigenvalue weighted by Gasteiger charge is -2.40. The molecule has 0 bridgehead atoms. The van der Waals surface area contributed by atoms with Crippen LogP contribution in [0.2, 0.25) is 0 Å². The zero-order valence-corrected chi connectivity index (χ0v) is 16.8. The minimum absolute atomic E-state index is 0.0332. The van der Waals surface area contributed by atoms with Gasteiger partial charge in [0.25, 0.3) is 0 Å². The number of benzene rings is 1. The van der Waals surface area contributed by atoms with Crippen LogP contribution in [0.4, 0.5) is 0 Å². The number of carboxylic acids is 1. The second kappa shape index (κ2) is 8.17. The number of aryl methyl sites for hydroxylation is 1. The van der Waals surface area contributed by atoms with Gasteiger partial charge in [0.2, 0.25) is 5.91 Å². The quantitative estimate of drug-likeness (QED) is 0.816. The van der Waals surface area contributed by atoms with Crippen LogP contribution in [0.3, 0.4) is 0 Å². The molecule has 1 aliphatic rings. The second-order valence-electron chi connectivity index (χ2n) is 7.98. The molecule has 28 heavy (non-hydrogen) atoms. The monoisotopic (exact) mass is 384 g/mol. The Morgan fingerprint density at radius 1 is 1.36 bits per heavy atom. The maximum atomic E-state index is 12.6. The molecule has 1 amide bonds. The Labute approximate surface area is 165 Å². The fourth-order valence-corrected chi connectivity index (χ4v) is 3.87. The fraction of sp³-hybridized carbons (Fsp3) is 0.500. The van der Waals surface area contributed by atoms with Gasteiger partial charge in [-0.05, 0) is 32.3 Å². The van der Waals surface area contributed by atoms with E-state index < -0.39 is 11.4 Å². The highest BCUT2D eigenvalue weighted by Crippen LogP contribution is 2.36. The van der Waals surface area contributed by atoms with E-state index in [1.54, 1.807) is 4.90 Å². The molecule has 2 aromatic rings. The van der Waals surface area contributed by atoms with Crippen LogP contribution in [-0.4, -0.2) is 40.1 Å². The Kier molecular flexibility index (Phi) is 5.87. The van der Waals surface area contributed by atoms with Crippen molar-refractivity contribution in [2.45, 2.75) is 46.5 Å². The molecule has 2 atom stereocenters. The van der Waals surface area contributed by atoms with Crippen LogP contribution in [0.5, 0.6) is 0 Å². The van der Waals surface area contributed by atoms with Crippen molar-refractivity contribution in [1.82, 2.24) is 10.1 Å². The van der Waals surface area contributed by atoms with Crippen LogP contribution in [0.15, 0.2) is 34.9 Å². The predicted molar refractivity (Wildman–Crippen MR) is 106 cm³/mol. The molecule has 1 fully saturated rings. The molecule has 150 valence electrons. The first-order chi connectivity index (χ1) is 13.3. The van der Waals surface area contributed by atoms with Crippen LogP contribution < -0.4 is 0 Å². The molecule has 0 aliphatic carbocycles. The van der Waals surface area contributed by atoms with Crippen LogP contribution in [0.1, 0.15) is 44.4 Å². The van der Waals surface area contributed by atoms with Crippen LogP contribution in [0, 0.1) is 18.3 Å². The standard InChI is InChI=1S/C22H28N2O4/c1-4-16(3)20(25)24-10-6-9-22(14-24,21(26)27)13-18-12-19(23-28-18)17-8-5-7-15(2)11-17/h5,7-8,11-12,16H,4,6,9-10,13-14H2,1-3H3,(H,26,27)/t16-,22-/m1/s1. The third-order valence-corrected chi connectivity index (χ3v) is 5.76. The molecule has 6 heteroatoms. The molecular weight excluding hydrogens is 356 g/mol. The third-order valence-electron chi connectivity index (χ3n) is 5.76. The lowest BCUT2D eigenvalue weighted by Crippen LogP contribution is -2.52. The van der Waals surface area contributed by atoms with Crippen LogP contribution in [-0.2, 0) is 16.0 Å². The molecule has 3 rings (SSSR count). The third kappa shape index (κ3) is 4.11. The predicted octanol–water partition coefficient (Wildman–Crippen LogP) is 3.93. The first-order valence-electron chi connectivity index (χ1n) is 9.89. The maximum absolute atomic E-state index is 12.6. The van der Waals surface area contributed by atoms with E-state index >= 15 is 0 Å². The van der Waals surface area contributed by atoms with Gasteiger partial charge in [-0.15, -0.1) is 0 Å². The number of aliphatic carboxylic acids is 1. The summed E-state index contributed by atoms with van der Waals surface area (Å²) in [6.07, 6.45) is 2.17. The lowest BCUT2D eigenvalue weighted by molar-refractivity contribution is -0.156. The molecule has 1 aromatic carbocycles. The second-order valence-corrected chi connectivity index (χ2v) is 7.98. The number of carbonyl (C=O) groups is 2. The van der Waals surface area contributed by atoms with Crippen molar-refractivity contribution >= 4 is 11.9 Å². The summed E-state index contributed by atoms with van der Waals surface area (Å²) in [6.45, 7) is 6.70. The summed E-state index contributed by atoms with van der Waals surface area (Å²) in [5.74, 6) is -0.409. The molecule has 1 N–H and O–H groups in total. The van der Waals surface area contributed by atoms with Gasteiger partial charge in [0.1, 0.15) is 11.5 Å². The smallest absolute Gasteiger partial charge is 0.311 e. The SMILES string of the molecule is CC[C@@H](C)C(=O)N1CCC[C@](Cc2cc(-c3cccc(C)c3)no2)(C(=O)O)C1. The van der Waals surface area contributed by atoms with Crippen molar-refractivity contribution in [3.05, 3.63) is 41.7 Å². The topological polar surface area (TPSA) is 83.6 Å². The number of amides is 1. The average Bonchev–Trinajstić information content (AvgIpc) is 3.15. The van der Waals surface area contributed by atoms with Gasteiger partial charge in [-0.25, -0.2) is 0 Å². The number of carbonyl (C=O) groups excluding carboxylic acids is 1. The molecule has 0 unspecified atom stereocenters. The van der Waals surface area contributed by atoms with E-state index in [4.69, 9.17) is 4.52 Å². The number of rotatable bonds is 6. The van der Waals surface area contributed by atoms with Crippen molar-refractivity contribution < 1.29 is 19.2 Å². The van der Waals surface area contributed by atoms with Crippen molar-refractivity contribution in [1.29, 1.82) is 0 Å². The Balaban J connectivity index is 1.81. The van der Waals surface area contributed by atoms with Gasteiger partial charge >= 0.3 is 5.97 Å². The van der Waals surface area contributed by atoms with Gasteiger partial charge in [-0.3, -0.25) is 9.59 Å². The van der Waals surface area contributed by atoms with E-state index in [1.807, 2.05) is 51.1 Å². The molecule has 2 heterocycles. The number of piperidine rings is 1. The van der Waals surface area contributed by atoms with Crippen LogP contribution >= 0.6 is 0 Å². The molecule has 1 saturated heterocycles. The highest BCUT2D eigenvalue weighted by molar-refractivity contribution is 5.81. The van der Waals surface area contributed by atoms with E-state index in [0.717, 1.165) is 17.5 Å². The van der Waals surface area contributed by atoms with Gasteiger partial charge in [0, 0.05) is 37.1 Å². The maximum Gasteiger partial charge on any atom is 0.311 e. The van der Waals surface area contributed by atoms with Crippen molar-refractivity contribution in [3.63, 3.8) is 0 Å². The number of aromatic nitrogens is 1. The summed E-state index contributed by atoms with van der Waals surface area (Å²) in [5.41, 5.74) is 1.72. The number of likely N-dealkylation sites (tertiary alicyclic amines) is 1. The van der Waals surface area contributed by atoms with Crippen LogP contribution in [0.25, 0.3) is 11.3 Å². The highest BCUT2D eigenvalue weighted by atomic mass is 16.5. The first-order valence-corrected chi connectivity index (χ1v) is 9.89. The molecule has 0 radical (unpaired) electrons. The molecule has 6 nitrogen and oxygen atoms in total. The summed E-state index contributed by atoms with van der Waals surface area (Å²) >= 11 is 0. The fourth-order valence-electron chi connectivity index (χ4n) is 3.87. The van der Waals surface area contributed by atoms with Gasteiger partial charge in [-0.1, -0.05) is 42.8 Å². The summed E-state index contributed by atoms with van der Waals surface area (Å²) in [7, 11) is 0. The lowest BCUT2D eigenvalue weighted by atomic mass is 9.76. The van der Waals surface area contributed by atoms with E-state index in [1.165, 1.54) is 0 Å². The van der Waals surface area contributed by atoms with Crippen molar-refractivity contribution in [2.75, 3.05) is 13.1 Å². The molecular formula is C22H28N2O4. The van der Waals surface area contributed by atoms with Gasteiger partial charge in [0.15, 0.2) is 0 Å². The summed E-state index contributed by atoms with van der Waals surface area (Å²) in [4.78, 5) is 26.5. The van der Waals surface area contributed by atoms with E-state index in [9.17, 15) is 14.7 Å². The molecule has 0 saturated carbocycles. The van der Waals surface area contributed by atoms with Gasteiger partial charge in [-0.2, -0.15) is 0 Å². The number of nitrogens with zero attached hydrogens (tertiary/aromatic N) is 2. The Morgan fingerprint density at radius 2 is 2.14 bits per heavy atom. The van der Waals surface area contributed by atoms with E-state index in [0.29, 0.717) is 30.8 Å². The summed E-state index contributed by atoms with van der Waals surface area (Å²) < 4.78 is 5.48. The molecule has 1 aliphatic heterocycles. The summed E-state index contributed by atoms with van der Waals surface area (Å²) in [5, 5.41) is 14.1. The largest absolute Gasteiger partial charge is 0.481 e. The van der Waals surface area contributed by atoms with Crippen molar-refractivity contribution in [3.8, 4) is 11.3 Å². The first kappa shape index (κ1) is 20.1. The number of hydrogen-bond donors (Lipinski definition) is 1. The Morgan fingerprint density at radius 3 is 2.82 bits per heavy atom. The Hall–Kier alpha value is -2.63. The number of carboxylic acid groups (broad SMARTS) is 1. The average molecular weight is 384 g/mol. The normalized spacial score (nSPS) is 20.8. The highest BCUT2D eigenvalue weighted by Gasteiger charge is 2.45. The van der Waals surface area contributed by atoms with E-state index in [-0.39, 0.29) is 24.8 Å². The molecule has 1 aromatic heterocycles. The zero-order valence-electron chi connectivity index (χ0n) is 16.8. The van der Waals surface area contributed by atoms with Gasteiger partial charge in [0.05, 0.1) is 5.41 Å². The molecule has 0 spiro atoms. The number of hydrogen-bond acceptors (Lipinski definition) is 4. The van der Waals surface area contributed by atoms with Crippen molar-refractivity contribution in [2.24, 2.45) is 11.3 Å².